The van der Waals surface area contributed by atoms with Crippen molar-refractivity contribution in [2.45, 2.75) is 13.5 Å². The minimum atomic E-state index is -0.452. The SMILES string of the molecule is C=C/C(=C\C=C(/C)N1CCN(Cc2ccccc2Br)CC1)C(N)=O. The van der Waals surface area contributed by atoms with Crippen LogP contribution in [0.25, 0.3) is 0 Å². The Morgan fingerprint density at radius 2 is 1.92 bits per heavy atom. The Morgan fingerprint density at radius 1 is 1.25 bits per heavy atom. The number of hydrogen-bond donors (Lipinski definition) is 1. The molecule has 128 valence electrons. The highest BCUT2D eigenvalue weighted by atomic mass is 79.9. The zero-order valence-corrected chi connectivity index (χ0v) is 15.6. The molecule has 1 aliphatic heterocycles. The summed E-state index contributed by atoms with van der Waals surface area (Å²) in [5.74, 6) is -0.452. The first-order valence-electron chi connectivity index (χ1n) is 8.03. The van der Waals surface area contributed by atoms with Crippen LogP contribution in [0.2, 0.25) is 0 Å². The molecule has 4 nitrogen and oxygen atoms in total. The van der Waals surface area contributed by atoms with Gasteiger partial charge in [-0.2, -0.15) is 0 Å². The maximum absolute atomic E-state index is 11.2. The topological polar surface area (TPSA) is 49.6 Å². The highest BCUT2D eigenvalue weighted by Gasteiger charge is 2.17. The average Bonchev–Trinajstić information content (AvgIpc) is 2.57. The molecular weight excluding hydrogens is 366 g/mol. The smallest absolute Gasteiger partial charge is 0.248 e. The first-order valence-corrected chi connectivity index (χ1v) is 8.82. The summed E-state index contributed by atoms with van der Waals surface area (Å²) in [6, 6.07) is 8.36. The maximum Gasteiger partial charge on any atom is 0.248 e. The van der Waals surface area contributed by atoms with Gasteiger partial charge >= 0.3 is 0 Å². The number of benzene rings is 1. The fourth-order valence-corrected chi connectivity index (χ4v) is 3.10. The van der Waals surface area contributed by atoms with Crippen molar-refractivity contribution in [3.05, 3.63) is 70.4 Å². The molecule has 1 amide bonds. The lowest BCUT2D eigenvalue weighted by molar-refractivity contribution is -0.114. The van der Waals surface area contributed by atoms with Gasteiger partial charge in [0.15, 0.2) is 0 Å². The monoisotopic (exact) mass is 389 g/mol. The number of halogens is 1. The summed E-state index contributed by atoms with van der Waals surface area (Å²) in [5.41, 5.74) is 8.17. The first kappa shape index (κ1) is 18.5. The maximum atomic E-state index is 11.2. The number of nitrogens with zero attached hydrogens (tertiary/aromatic N) is 2. The van der Waals surface area contributed by atoms with E-state index in [1.165, 1.54) is 11.6 Å². The quantitative estimate of drug-likeness (QED) is 0.600. The summed E-state index contributed by atoms with van der Waals surface area (Å²) in [6.45, 7) is 10.6. The van der Waals surface area contributed by atoms with E-state index in [0.29, 0.717) is 5.57 Å². The molecule has 0 aromatic heterocycles. The van der Waals surface area contributed by atoms with E-state index in [1.807, 2.05) is 12.1 Å². The third-order valence-corrected chi connectivity index (χ3v) is 5.01. The lowest BCUT2D eigenvalue weighted by Gasteiger charge is -2.36. The molecule has 0 saturated carbocycles. The molecule has 1 fully saturated rings. The van der Waals surface area contributed by atoms with Crippen molar-refractivity contribution in [3.8, 4) is 0 Å². The number of nitrogens with two attached hydrogens (primary N) is 1. The van der Waals surface area contributed by atoms with Crippen LogP contribution in [0.4, 0.5) is 0 Å². The van der Waals surface area contributed by atoms with Crippen LogP contribution >= 0.6 is 15.9 Å². The minimum Gasteiger partial charge on any atom is -0.372 e. The number of hydrogen-bond acceptors (Lipinski definition) is 3. The van der Waals surface area contributed by atoms with Gasteiger partial charge in [0.25, 0.3) is 0 Å². The number of amides is 1. The zero-order valence-electron chi connectivity index (χ0n) is 14.0. The fourth-order valence-electron chi connectivity index (χ4n) is 2.69. The Bertz CT molecular complexity index is 658. The van der Waals surface area contributed by atoms with Crippen molar-refractivity contribution in [2.75, 3.05) is 26.2 Å². The van der Waals surface area contributed by atoms with Gasteiger partial charge in [0.1, 0.15) is 0 Å². The Balaban J connectivity index is 1.91. The van der Waals surface area contributed by atoms with E-state index < -0.39 is 5.91 Å². The van der Waals surface area contributed by atoms with Gasteiger partial charge in [0, 0.05) is 48.5 Å². The molecule has 1 saturated heterocycles. The number of rotatable bonds is 6. The van der Waals surface area contributed by atoms with E-state index in [2.05, 4.69) is 57.4 Å². The van der Waals surface area contributed by atoms with Gasteiger partial charge in [0.05, 0.1) is 0 Å². The molecule has 0 atom stereocenters. The lowest BCUT2D eigenvalue weighted by atomic mass is 10.2. The van der Waals surface area contributed by atoms with Crippen LogP contribution in [-0.2, 0) is 11.3 Å². The second-order valence-electron chi connectivity index (χ2n) is 5.85. The second-order valence-corrected chi connectivity index (χ2v) is 6.71. The molecular formula is C19H24BrN3O. The number of primary amides is 1. The Hall–Kier alpha value is -1.85. The highest BCUT2D eigenvalue weighted by Crippen LogP contribution is 2.19. The molecule has 1 aliphatic rings. The third kappa shape index (κ3) is 5.08. The predicted molar refractivity (Wildman–Crippen MR) is 102 cm³/mol. The van der Waals surface area contributed by atoms with E-state index >= 15 is 0 Å². The van der Waals surface area contributed by atoms with Gasteiger partial charge in [-0.3, -0.25) is 9.69 Å². The summed E-state index contributed by atoms with van der Waals surface area (Å²) < 4.78 is 1.16. The Labute approximate surface area is 152 Å². The van der Waals surface area contributed by atoms with Crippen molar-refractivity contribution in [1.82, 2.24) is 9.80 Å². The van der Waals surface area contributed by atoms with Gasteiger partial charge in [0.2, 0.25) is 5.91 Å². The van der Waals surface area contributed by atoms with Crippen molar-refractivity contribution in [1.29, 1.82) is 0 Å². The van der Waals surface area contributed by atoms with Crippen molar-refractivity contribution in [3.63, 3.8) is 0 Å². The van der Waals surface area contributed by atoms with Gasteiger partial charge in [-0.05, 0) is 30.7 Å². The number of piperazine rings is 1. The molecule has 2 rings (SSSR count). The normalized spacial score (nSPS) is 17.0. The zero-order chi connectivity index (χ0) is 17.5. The molecule has 5 heteroatoms. The van der Waals surface area contributed by atoms with E-state index in [4.69, 9.17) is 5.73 Å². The minimum absolute atomic E-state index is 0.432. The van der Waals surface area contributed by atoms with Crippen molar-refractivity contribution < 1.29 is 4.79 Å². The summed E-state index contributed by atoms with van der Waals surface area (Å²) in [6.07, 6.45) is 5.16. The number of carbonyl (C=O) groups excluding carboxylic acids is 1. The van der Waals surface area contributed by atoms with Crippen LogP contribution in [0, 0.1) is 0 Å². The molecule has 0 bridgehead atoms. The molecule has 1 aromatic carbocycles. The van der Waals surface area contributed by atoms with Crippen LogP contribution in [-0.4, -0.2) is 41.9 Å². The average molecular weight is 390 g/mol. The summed E-state index contributed by atoms with van der Waals surface area (Å²) in [5, 5.41) is 0. The highest BCUT2D eigenvalue weighted by molar-refractivity contribution is 9.10. The summed E-state index contributed by atoms with van der Waals surface area (Å²) in [7, 11) is 0. The van der Waals surface area contributed by atoms with Crippen LogP contribution in [0.5, 0.6) is 0 Å². The molecule has 2 N–H and O–H groups in total. The van der Waals surface area contributed by atoms with E-state index in [-0.39, 0.29) is 0 Å². The summed E-state index contributed by atoms with van der Waals surface area (Å²) in [4.78, 5) is 16.0. The van der Waals surface area contributed by atoms with E-state index in [0.717, 1.165) is 42.9 Å². The number of carbonyl (C=O) groups is 1. The fraction of sp³-hybridized carbons (Fsp3) is 0.316. The van der Waals surface area contributed by atoms with E-state index in [9.17, 15) is 4.79 Å². The van der Waals surface area contributed by atoms with Crippen LogP contribution in [0.1, 0.15) is 12.5 Å². The Morgan fingerprint density at radius 3 is 2.50 bits per heavy atom. The van der Waals surface area contributed by atoms with Crippen molar-refractivity contribution in [2.24, 2.45) is 5.73 Å². The largest absolute Gasteiger partial charge is 0.372 e. The van der Waals surface area contributed by atoms with E-state index in [1.54, 1.807) is 6.08 Å². The molecule has 1 heterocycles. The standard InChI is InChI=1S/C19H24BrN3O/c1-3-16(19(21)24)9-8-15(2)23-12-10-22(11-13-23)14-17-6-4-5-7-18(17)20/h3-9H,1,10-14H2,2H3,(H2,21,24)/b15-8+,16-9+. The van der Waals surface area contributed by atoms with Gasteiger partial charge in [-0.1, -0.05) is 46.8 Å². The van der Waals surface area contributed by atoms with Crippen LogP contribution in [0.15, 0.2) is 64.8 Å². The molecule has 24 heavy (non-hydrogen) atoms. The first-order chi connectivity index (χ1) is 11.5. The molecule has 0 spiro atoms. The predicted octanol–water partition coefficient (Wildman–Crippen LogP) is 3.07. The molecule has 1 aromatic rings. The lowest BCUT2D eigenvalue weighted by Crippen LogP contribution is -2.44. The summed E-state index contributed by atoms with van der Waals surface area (Å²) >= 11 is 3.61. The molecule has 0 radical (unpaired) electrons. The van der Waals surface area contributed by atoms with Gasteiger partial charge in [-0.15, -0.1) is 0 Å². The van der Waals surface area contributed by atoms with Crippen LogP contribution < -0.4 is 5.73 Å². The molecule has 0 unspecified atom stereocenters. The van der Waals surface area contributed by atoms with Crippen LogP contribution in [0.3, 0.4) is 0 Å². The number of allylic oxidation sites excluding steroid dienone is 3. The van der Waals surface area contributed by atoms with Crippen molar-refractivity contribution >= 4 is 21.8 Å². The second kappa shape index (κ2) is 8.85. The van der Waals surface area contributed by atoms with Gasteiger partial charge in [-0.25, -0.2) is 0 Å². The van der Waals surface area contributed by atoms with Gasteiger partial charge < -0.3 is 10.6 Å². The Kier molecular flexibility index (Phi) is 6.82. The molecule has 0 aliphatic carbocycles. The third-order valence-electron chi connectivity index (χ3n) is 4.23.